The number of esters is 2. The number of halogens is 2. The van der Waals surface area contributed by atoms with Crippen molar-refractivity contribution in [3.8, 4) is 0 Å². The molecule has 0 radical (unpaired) electrons. The number of benzene rings is 1. The van der Waals surface area contributed by atoms with Gasteiger partial charge in [0.1, 0.15) is 17.8 Å². The molecule has 0 N–H and O–H groups in total. The molecule has 1 spiro atoms. The lowest BCUT2D eigenvalue weighted by atomic mass is 9.99. The summed E-state index contributed by atoms with van der Waals surface area (Å²) in [5.41, 5.74) is -0.973. The highest BCUT2D eigenvalue weighted by Gasteiger charge is 2.55. The summed E-state index contributed by atoms with van der Waals surface area (Å²) in [5.74, 6) is -4.76. The number of fused-ring (bicyclic) bond motifs is 4. The fraction of sp³-hybridized carbons (Fsp3) is 0.560. The van der Waals surface area contributed by atoms with E-state index in [0.717, 1.165) is 35.8 Å². The number of alkyl halides is 1. The Kier molecular flexibility index (Phi) is 6.14. The van der Waals surface area contributed by atoms with Gasteiger partial charge >= 0.3 is 29.2 Å². The molecule has 202 valence electrons. The zero-order chi connectivity index (χ0) is 26.6. The molecule has 6 rings (SSSR count). The largest absolute Gasteiger partial charge is 0.422 e. The van der Waals surface area contributed by atoms with Crippen LogP contribution in [0, 0.1) is 5.82 Å². The van der Waals surface area contributed by atoms with Crippen molar-refractivity contribution in [2.45, 2.75) is 81.9 Å². The second-order valence-electron chi connectivity index (χ2n) is 10.2. The summed E-state index contributed by atoms with van der Waals surface area (Å²) >= 11 is 0. The molecule has 3 atom stereocenters. The van der Waals surface area contributed by atoms with Gasteiger partial charge in [-0.05, 0) is 43.4 Å². The quantitative estimate of drug-likeness (QED) is 0.376. The lowest BCUT2D eigenvalue weighted by molar-refractivity contribution is -0.219. The third kappa shape index (κ3) is 4.33. The van der Waals surface area contributed by atoms with E-state index in [9.17, 15) is 23.6 Å². The van der Waals surface area contributed by atoms with Crippen LogP contribution >= 0.6 is 0 Å². The minimum atomic E-state index is -1.98. The molecule has 4 aliphatic heterocycles. The molecule has 3 fully saturated rings. The van der Waals surface area contributed by atoms with Crippen LogP contribution in [0.2, 0.25) is 0 Å². The predicted molar refractivity (Wildman–Crippen MR) is 124 cm³/mol. The van der Waals surface area contributed by atoms with E-state index in [1.54, 1.807) is 12.1 Å². The van der Waals surface area contributed by atoms with Crippen LogP contribution in [0.15, 0.2) is 33.9 Å². The number of hydrogen-bond donors (Lipinski definition) is 0. The van der Waals surface area contributed by atoms with Crippen molar-refractivity contribution in [2.24, 2.45) is 0 Å². The molecule has 11 nitrogen and oxygen atoms in total. The van der Waals surface area contributed by atoms with Crippen molar-refractivity contribution in [2.75, 3.05) is 6.54 Å². The second kappa shape index (κ2) is 9.38. The molecule has 2 bridgehead atoms. The first-order chi connectivity index (χ1) is 18.2. The van der Waals surface area contributed by atoms with Gasteiger partial charge in [-0.2, -0.15) is 4.98 Å². The molecular weight excluding hydrogens is 506 g/mol. The fourth-order valence-electron chi connectivity index (χ4n) is 6.11. The van der Waals surface area contributed by atoms with Crippen LogP contribution in [-0.4, -0.2) is 61.9 Å². The fourth-order valence-corrected chi connectivity index (χ4v) is 6.11. The SMILES string of the molecule is O=C1OC2(CCc3nc(=O)n(C[C@H](F)CN4[C@@H]5CC[C@@H]4CC(OCc4ccc(F)cc4)C5)c(=O)n32)OC1=O. The Balaban J connectivity index is 1.11. The van der Waals surface area contributed by atoms with E-state index in [1.165, 1.54) is 12.1 Å². The number of carbonyl (C=O) groups is 2. The molecule has 0 saturated carbocycles. The Bertz CT molecular complexity index is 1360. The summed E-state index contributed by atoms with van der Waals surface area (Å²) in [6, 6.07) is 6.39. The molecule has 2 aromatic rings. The highest BCUT2D eigenvalue weighted by molar-refractivity contribution is 6.31. The van der Waals surface area contributed by atoms with Crippen molar-refractivity contribution in [3.63, 3.8) is 0 Å². The summed E-state index contributed by atoms with van der Waals surface area (Å²) in [6.07, 6.45) is 1.73. The van der Waals surface area contributed by atoms with Gasteiger partial charge in [-0.15, -0.1) is 0 Å². The van der Waals surface area contributed by atoms with E-state index in [4.69, 9.17) is 14.2 Å². The maximum Gasteiger partial charge on any atom is 0.422 e. The molecule has 1 aromatic heterocycles. The Labute approximate surface area is 214 Å². The number of nitrogens with zero attached hydrogens (tertiary/aromatic N) is 4. The van der Waals surface area contributed by atoms with Gasteiger partial charge in [-0.25, -0.2) is 37.1 Å². The van der Waals surface area contributed by atoms with Crippen molar-refractivity contribution < 1.29 is 32.6 Å². The summed E-state index contributed by atoms with van der Waals surface area (Å²) in [4.78, 5) is 54.9. The van der Waals surface area contributed by atoms with Crippen molar-refractivity contribution in [1.29, 1.82) is 0 Å². The van der Waals surface area contributed by atoms with Crippen LogP contribution < -0.4 is 11.4 Å². The van der Waals surface area contributed by atoms with Crippen LogP contribution in [0.4, 0.5) is 8.78 Å². The highest BCUT2D eigenvalue weighted by atomic mass is 19.1. The third-order valence-electron chi connectivity index (χ3n) is 7.84. The summed E-state index contributed by atoms with van der Waals surface area (Å²) < 4.78 is 46.1. The zero-order valence-corrected chi connectivity index (χ0v) is 20.4. The van der Waals surface area contributed by atoms with E-state index < -0.39 is 41.9 Å². The number of ether oxygens (including phenoxy) is 3. The van der Waals surface area contributed by atoms with Gasteiger partial charge in [0, 0.05) is 25.0 Å². The molecule has 3 saturated heterocycles. The Morgan fingerprint density at radius 2 is 1.68 bits per heavy atom. The smallest absolute Gasteiger partial charge is 0.394 e. The summed E-state index contributed by atoms with van der Waals surface area (Å²) in [6.45, 7) is -0.132. The van der Waals surface area contributed by atoms with Crippen LogP contribution in [0.3, 0.4) is 0 Å². The first kappa shape index (κ1) is 24.9. The second-order valence-corrected chi connectivity index (χ2v) is 10.2. The normalized spacial score (nSPS) is 26.4. The Morgan fingerprint density at radius 1 is 1.03 bits per heavy atom. The first-order valence-electron chi connectivity index (χ1n) is 12.7. The van der Waals surface area contributed by atoms with Crippen LogP contribution in [-0.2, 0) is 49.3 Å². The Morgan fingerprint density at radius 3 is 2.34 bits per heavy atom. The lowest BCUT2D eigenvalue weighted by Crippen LogP contribution is -2.52. The van der Waals surface area contributed by atoms with E-state index in [0.29, 0.717) is 11.2 Å². The first-order valence-corrected chi connectivity index (χ1v) is 12.7. The predicted octanol–water partition coefficient (Wildman–Crippen LogP) is 0.751. The third-order valence-corrected chi connectivity index (χ3v) is 7.84. The van der Waals surface area contributed by atoms with Crippen molar-refractivity contribution in [1.82, 2.24) is 19.0 Å². The molecule has 0 unspecified atom stereocenters. The molecule has 38 heavy (non-hydrogen) atoms. The number of aryl methyl sites for hydroxylation is 1. The zero-order valence-electron chi connectivity index (χ0n) is 20.4. The molecule has 5 heterocycles. The molecule has 0 amide bonds. The van der Waals surface area contributed by atoms with Gasteiger partial charge in [0.05, 0.1) is 25.7 Å². The molecule has 4 aliphatic rings. The maximum atomic E-state index is 15.3. The van der Waals surface area contributed by atoms with Crippen LogP contribution in [0.1, 0.15) is 43.5 Å². The molecule has 13 heteroatoms. The minimum Gasteiger partial charge on any atom is -0.394 e. The van der Waals surface area contributed by atoms with Crippen molar-refractivity contribution >= 4 is 11.9 Å². The van der Waals surface area contributed by atoms with E-state index in [-0.39, 0.29) is 49.2 Å². The molecular formula is C25H26F2N4O7. The van der Waals surface area contributed by atoms with Gasteiger partial charge in [-0.3, -0.25) is 4.90 Å². The van der Waals surface area contributed by atoms with Gasteiger partial charge in [-0.1, -0.05) is 12.1 Å². The number of hydrogen-bond acceptors (Lipinski definition) is 9. The van der Waals surface area contributed by atoms with Gasteiger partial charge < -0.3 is 14.2 Å². The molecule has 1 aromatic carbocycles. The molecule has 0 aliphatic carbocycles. The van der Waals surface area contributed by atoms with Crippen LogP contribution in [0.25, 0.3) is 0 Å². The van der Waals surface area contributed by atoms with E-state index in [2.05, 4.69) is 9.88 Å². The van der Waals surface area contributed by atoms with E-state index in [1.807, 2.05) is 0 Å². The highest BCUT2D eigenvalue weighted by Crippen LogP contribution is 2.38. The number of carbonyl (C=O) groups excluding carboxylic acids is 2. The van der Waals surface area contributed by atoms with Gasteiger partial charge in [0.25, 0.3) is 0 Å². The number of aromatic nitrogens is 3. The average Bonchev–Trinajstić information content (AvgIpc) is 3.44. The van der Waals surface area contributed by atoms with Crippen LogP contribution in [0.5, 0.6) is 0 Å². The summed E-state index contributed by atoms with van der Waals surface area (Å²) in [7, 11) is 0. The van der Waals surface area contributed by atoms with Gasteiger partial charge in [0.2, 0.25) is 0 Å². The Hall–Kier alpha value is -3.45. The number of piperidine rings is 1. The number of rotatable bonds is 7. The maximum absolute atomic E-state index is 15.3. The van der Waals surface area contributed by atoms with Gasteiger partial charge in [0.15, 0.2) is 0 Å². The van der Waals surface area contributed by atoms with E-state index >= 15 is 4.39 Å². The summed E-state index contributed by atoms with van der Waals surface area (Å²) in [5, 5.41) is 0. The standard InChI is InChI=1S/C25H26F2N4O7/c26-15-3-1-14(2-4-15)13-36-19-9-17-5-6-18(10-19)29(17)11-16(27)12-30-23(34)28-20-7-8-25(31(20)24(30)35)37-21(32)22(33)38-25/h1-4,16-19H,5-13H2/t16-,17-,18-/m1/s1. The topological polar surface area (TPSA) is 122 Å². The van der Waals surface area contributed by atoms with Crippen molar-refractivity contribution in [3.05, 3.63) is 62.4 Å². The monoisotopic (exact) mass is 532 g/mol. The average molecular weight is 533 g/mol. The minimum absolute atomic E-state index is 0.00746. The lowest BCUT2D eigenvalue weighted by Gasteiger charge is -2.39.